The molecule has 1 spiro atoms. The third-order valence-corrected chi connectivity index (χ3v) is 14.0. The molecule has 7 aromatic carbocycles. The Bertz CT molecular complexity index is 3010. The van der Waals surface area contributed by atoms with Crippen LogP contribution in [0.4, 0.5) is 0 Å². The van der Waals surface area contributed by atoms with Gasteiger partial charge in [0.1, 0.15) is 11.5 Å². The van der Waals surface area contributed by atoms with E-state index in [1.165, 1.54) is 38.3 Å². The summed E-state index contributed by atoms with van der Waals surface area (Å²) in [5.74, 6) is 2.81. The van der Waals surface area contributed by atoms with Gasteiger partial charge < -0.3 is 4.74 Å². The smallest absolute Gasteiger partial charge is 0.160 e. The topological polar surface area (TPSA) is 35.0 Å². The van der Waals surface area contributed by atoms with Crippen molar-refractivity contribution in [1.82, 2.24) is 9.97 Å². The van der Waals surface area contributed by atoms with Crippen LogP contribution in [0, 0.1) is 0 Å². The van der Waals surface area contributed by atoms with Crippen LogP contribution >= 0.6 is 11.8 Å². The number of hydrogen-bond acceptors (Lipinski definition) is 4. The Morgan fingerprint density at radius 2 is 1.14 bits per heavy atom. The van der Waals surface area contributed by atoms with Gasteiger partial charge in [0.2, 0.25) is 0 Å². The molecule has 4 heteroatoms. The molecule has 4 aliphatic rings. The fourth-order valence-electron chi connectivity index (χ4n) is 9.94. The number of benzene rings is 7. The van der Waals surface area contributed by atoms with Crippen LogP contribution in [-0.4, -0.2) is 14.7 Å². The van der Waals surface area contributed by atoms with Crippen LogP contribution in [0.15, 0.2) is 199 Å². The van der Waals surface area contributed by atoms with Crippen molar-refractivity contribution >= 4 is 11.8 Å². The number of hydrogen-bond donors (Lipinski definition) is 0. The number of aromatic nitrogens is 2. The molecule has 0 saturated carbocycles. The number of ether oxygens (including phenoxy) is 1. The lowest BCUT2D eigenvalue weighted by Gasteiger charge is -2.39. The minimum Gasteiger partial charge on any atom is -0.457 e. The average molecular weight is 761 g/mol. The molecule has 0 bridgehead atoms. The summed E-state index contributed by atoms with van der Waals surface area (Å²) in [6.45, 7) is 2.34. The van der Waals surface area contributed by atoms with Gasteiger partial charge in [-0.3, -0.25) is 0 Å². The molecular formula is C54H36N2OS. The third kappa shape index (κ3) is 4.82. The maximum absolute atomic E-state index is 6.90. The fourth-order valence-corrected chi connectivity index (χ4v) is 11.4. The predicted octanol–water partition coefficient (Wildman–Crippen LogP) is 13.7. The molecule has 8 aromatic rings. The quantitative estimate of drug-likeness (QED) is 0.179. The van der Waals surface area contributed by atoms with Gasteiger partial charge in [-0.05, 0) is 70.1 Å². The minimum absolute atomic E-state index is 0.0194. The summed E-state index contributed by atoms with van der Waals surface area (Å²) >= 11 is 1.95. The van der Waals surface area contributed by atoms with E-state index in [1.54, 1.807) is 0 Å². The first kappa shape index (κ1) is 33.4. The van der Waals surface area contributed by atoms with E-state index in [0.717, 1.165) is 56.3 Å². The molecule has 0 saturated heterocycles. The first-order valence-electron chi connectivity index (χ1n) is 19.9. The van der Waals surface area contributed by atoms with Crippen LogP contribution in [0.25, 0.3) is 56.2 Å². The molecule has 274 valence electrons. The van der Waals surface area contributed by atoms with Gasteiger partial charge in [-0.25, -0.2) is 9.97 Å². The van der Waals surface area contributed by atoms with E-state index in [9.17, 15) is 0 Å². The zero-order valence-electron chi connectivity index (χ0n) is 31.8. The van der Waals surface area contributed by atoms with Gasteiger partial charge in [-0.1, -0.05) is 170 Å². The first-order valence-corrected chi connectivity index (χ1v) is 20.8. The molecule has 0 fully saturated rings. The highest BCUT2D eigenvalue weighted by atomic mass is 32.2. The minimum atomic E-state index is -0.503. The van der Waals surface area contributed by atoms with E-state index in [-0.39, 0.29) is 4.75 Å². The lowest BCUT2D eigenvalue weighted by atomic mass is 9.66. The van der Waals surface area contributed by atoms with Gasteiger partial charge in [-0.15, -0.1) is 11.8 Å². The number of thioether (sulfide) groups is 1. The van der Waals surface area contributed by atoms with Crippen molar-refractivity contribution in [3.05, 3.63) is 222 Å². The number of allylic oxidation sites excluding steroid dienone is 3. The first-order chi connectivity index (χ1) is 28.6. The molecule has 58 heavy (non-hydrogen) atoms. The Kier molecular flexibility index (Phi) is 7.27. The SMILES string of the molecule is CC12C=CC=CC1c1ccc(-c3cc(-c4ccccc4-c4ccc5c(c4)Oc4ccccc4C54c5ccccc5-c5ccccc54)nc(-c4ccccc4)n3)cc1S2. The number of rotatable bonds is 4. The second-order valence-corrected chi connectivity index (χ2v) is 17.3. The summed E-state index contributed by atoms with van der Waals surface area (Å²) < 4.78 is 6.92. The Labute approximate surface area is 342 Å². The van der Waals surface area contributed by atoms with E-state index in [1.807, 2.05) is 30.0 Å². The maximum Gasteiger partial charge on any atom is 0.160 e. The fraction of sp³-hybridized carbons (Fsp3) is 0.0741. The molecule has 1 aromatic heterocycles. The third-order valence-electron chi connectivity index (χ3n) is 12.6. The van der Waals surface area contributed by atoms with Crippen molar-refractivity contribution in [2.75, 3.05) is 0 Å². The molecule has 2 atom stereocenters. The second-order valence-electron chi connectivity index (χ2n) is 15.8. The van der Waals surface area contributed by atoms with Gasteiger partial charge in [0.15, 0.2) is 5.82 Å². The number of para-hydroxylation sites is 1. The van der Waals surface area contributed by atoms with E-state index < -0.39 is 5.41 Å². The van der Waals surface area contributed by atoms with Crippen molar-refractivity contribution in [2.45, 2.75) is 27.9 Å². The van der Waals surface area contributed by atoms with E-state index in [2.05, 4.69) is 183 Å². The van der Waals surface area contributed by atoms with Crippen LogP contribution in [0.5, 0.6) is 11.5 Å². The Morgan fingerprint density at radius 1 is 0.500 bits per heavy atom. The highest BCUT2D eigenvalue weighted by Crippen LogP contribution is 2.62. The molecule has 2 aliphatic heterocycles. The highest BCUT2D eigenvalue weighted by Gasteiger charge is 2.51. The van der Waals surface area contributed by atoms with Crippen LogP contribution in [0.2, 0.25) is 0 Å². The van der Waals surface area contributed by atoms with Gasteiger partial charge in [-0.2, -0.15) is 0 Å². The molecule has 0 radical (unpaired) electrons. The lowest BCUT2D eigenvalue weighted by Crippen LogP contribution is -2.32. The van der Waals surface area contributed by atoms with Crippen molar-refractivity contribution in [1.29, 1.82) is 0 Å². The molecule has 12 rings (SSSR count). The average Bonchev–Trinajstić information content (AvgIpc) is 3.75. The number of fused-ring (bicyclic) bond motifs is 12. The molecule has 0 N–H and O–H groups in total. The lowest BCUT2D eigenvalue weighted by molar-refractivity contribution is 0.436. The molecule has 2 aliphatic carbocycles. The van der Waals surface area contributed by atoms with Gasteiger partial charge in [0, 0.05) is 43.4 Å². The van der Waals surface area contributed by atoms with Gasteiger partial charge >= 0.3 is 0 Å². The van der Waals surface area contributed by atoms with Gasteiger partial charge in [0.25, 0.3) is 0 Å². The molecule has 3 nitrogen and oxygen atoms in total. The summed E-state index contributed by atoms with van der Waals surface area (Å²) in [6.07, 6.45) is 9.02. The maximum atomic E-state index is 6.90. The van der Waals surface area contributed by atoms with E-state index >= 15 is 0 Å². The normalized spacial score (nSPS) is 18.4. The van der Waals surface area contributed by atoms with Gasteiger partial charge in [0.05, 0.1) is 16.8 Å². The summed E-state index contributed by atoms with van der Waals surface area (Å²) in [5, 5.41) is 0. The highest BCUT2D eigenvalue weighted by molar-refractivity contribution is 8.01. The molecular weight excluding hydrogens is 725 g/mol. The van der Waals surface area contributed by atoms with E-state index in [0.29, 0.717) is 11.7 Å². The van der Waals surface area contributed by atoms with E-state index in [4.69, 9.17) is 14.7 Å². The summed E-state index contributed by atoms with van der Waals surface area (Å²) in [7, 11) is 0. The van der Waals surface area contributed by atoms with Crippen LogP contribution < -0.4 is 4.74 Å². The van der Waals surface area contributed by atoms with Crippen molar-refractivity contribution in [3.8, 4) is 67.7 Å². The van der Waals surface area contributed by atoms with Crippen molar-refractivity contribution in [3.63, 3.8) is 0 Å². The second kappa shape index (κ2) is 12.6. The predicted molar refractivity (Wildman–Crippen MR) is 236 cm³/mol. The largest absolute Gasteiger partial charge is 0.457 e. The van der Waals surface area contributed by atoms with Crippen molar-refractivity contribution in [2.24, 2.45) is 0 Å². The zero-order chi connectivity index (χ0) is 38.4. The molecule has 3 heterocycles. The molecule has 0 amide bonds. The van der Waals surface area contributed by atoms with Crippen LogP contribution in [0.1, 0.15) is 40.7 Å². The summed E-state index contributed by atoms with van der Waals surface area (Å²) in [6, 6.07) is 61.0. The Morgan fingerprint density at radius 3 is 1.93 bits per heavy atom. The van der Waals surface area contributed by atoms with Crippen molar-refractivity contribution < 1.29 is 4.74 Å². The standard InChI is InChI=1S/C54H36N2OS/c1-53-30-14-13-21-42(53)41-28-26-36(32-51(41)58-53)47-33-48(56-52(55-47)34-15-3-2-4-16-34)40-20-6-5-17-37(40)35-27-29-46-50(31-35)57-49-25-12-11-24-45(49)54(46)43-22-9-7-18-38(43)39-19-8-10-23-44(39)54/h2-33,42H,1H3. The van der Waals surface area contributed by atoms with Crippen LogP contribution in [0.3, 0.4) is 0 Å². The Hall–Kier alpha value is -6.75. The zero-order valence-corrected chi connectivity index (χ0v) is 32.6. The monoisotopic (exact) mass is 760 g/mol. The molecule has 2 unspecified atom stereocenters. The summed E-state index contributed by atoms with van der Waals surface area (Å²) in [5.41, 5.74) is 15.3. The Balaban J connectivity index is 1.02. The van der Waals surface area contributed by atoms with Crippen LogP contribution in [-0.2, 0) is 5.41 Å². The summed E-state index contributed by atoms with van der Waals surface area (Å²) in [4.78, 5) is 11.8. The number of nitrogens with zero attached hydrogens (tertiary/aromatic N) is 2.